The van der Waals surface area contributed by atoms with Crippen LogP contribution in [0.3, 0.4) is 0 Å². The van der Waals surface area contributed by atoms with Gasteiger partial charge in [-0.05, 0) is 31.0 Å². The minimum absolute atomic E-state index is 0.137. The van der Waals surface area contributed by atoms with Crippen molar-refractivity contribution >= 4 is 12.2 Å². The highest BCUT2D eigenvalue weighted by atomic mass is 16.8. The first kappa shape index (κ1) is 18.1. The first-order chi connectivity index (χ1) is 12.5. The Morgan fingerprint density at radius 3 is 2.73 bits per heavy atom. The maximum absolute atomic E-state index is 12.0. The van der Waals surface area contributed by atoms with Gasteiger partial charge in [0.2, 0.25) is 13.6 Å². The van der Waals surface area contributed by atoms with E-state index in [1.165, 1.54) is 4.90 Å². The molecule has 3 rings (SSSR count). The van der Waals surface area contributed by atoms with Gasteiger partial charge in [0.1, 0.15) is 0 Å². The van der Waals surface area contributed by atoms with E-state index in [-0.39, 0.29) is 18.9 Å². The van der Waals surface area contributed by atoms with E-state index in [0.717, 1.165) is 5.56 Å². The molecule has 0 aromatic heterocycles. The van der Waals surface area contributed by atoms with Crippen LogP contribution < -0.4 is 9.47 Å². The summed E-state index contributed by atoms with van der Waals surface area (Å²) < 4.78 is 30.0. The summed E-state index contributed by atoms with van der Waals surface area (Å²) >= 11 is 0. The van der Waals surface area contributed by atoms with Crippen molar-refractivity contribution in [3.8, 4) is 11.5 Å². The molecule has 1 aromatic rings. The predicted molar refractivity (Wildman–Crippen MR) is 87.0 cm³/mol. The molecule has 0 aliphatic carbocycles. The minimum Gasteiger partial charge on any atom is -0.454 e. The molecule has 1 aromatic carbocycles. The van der Waals surface area contributed by atoms with Gasteiger partial charge in [-0.25, -0.2) is 9.59 Å². The maximum atomic E-state index is 12.0. The van der Waals surface area contributed by atoms with Crippen molar-refractivity contribution in [2.75, 3.05) is 33.8 Å². The summed E-state index contributed by atoms with van der Waals surface area (Å²) in [7, 11) is 1.62. The summed E-state index contributed by atoms with van der Waals surface area (Å²) in [5, 5.41) is 0. The molecule has 2 aliphatic heterocycles. The van der Waals surface area contributed by atoms with Crippen LogP contribution in [0.5, 0.6) is 11.5 Å². The van der Waals surface area contributed by atoms with E-state index in [1.54, 1.807) is 7.05 Å². The van der Waals surface area contributed by atoms with Crippen LogP contribution in [0.15, 0.2) is 18.2 Å². The second kappa shape index (κ2) is 8.13. The number of benzene rings is 1. The second-order valence-electron chi connectivity index (χ2n) is 6.05. The van der Waals surface area contributed by atoms with Gasteiger partial charge in [0, 0.05) is 13.1 Å². The van der Waals surface area contributed by atoms with Crippen LogP contribution in [0, 0.1) is 0 Å². The monoisotopic (exact) mass is 367 g/mol. The van der Waals surface area contributed by atoms with Crippen LogP contribution in [0.4, 0.5) is 9.59 Å². The molecule has 142 valence electrons. The smallest absolute Gasteiger partial charge is 0.454 e. The molecule has 1 saturated heterocycles. The Balaban J connectivity index is 1.40. The van der Waals surface area contributed by atoms with E-state index in [0.29, 0.717) is 31.1 Å². The summed E-state index contributed by atoms with van der Waals surface area (Å²) in [5.74, 6) is 1.41. The Morgan fingerprint density at radius 2 is 2.00 bits per heavy atom. The molecule has 0 N–H and O–H groups in total. The zero-order valence-corrected chi connectivity index (χ0v) is 14.6. The van der Waals surface area contributed by atoms with Gasteiger partial charge in [-0.1, -0.05) is 6.07 Å². The molecule has 1 fully saturated rings. The van der Waals surface area contributed by atoms with Crippen LogP contribution >= 0.6 is 0 Å². The Bertz CT molecular complexity index is 660. The maximum Gasteiger partial charge on any atom is 0.511 e. The quantitative estimate of drug-likeness (QED) is 0.556. The largest absolute Gasteiger partial charge is 0.511 e. The van der Waals surface area contributed by atoms with Gasteiger partial charge in [-0.15, -0.1) is 0 Å². The lowest BCUT2D eigenvalue weighted by Crippen LogP contribution is -2.39. The number of carbonyl (C=O) groups excluding carboxylic acids is 2. The summed E-state index contributed by atoms with van der Waals surface area (Å²) in [6.45, 7) is 2.31. The zero-order valence-electron chi connectivity index (χ0n) is 14.6. The van der Waals surface area contributed by atoms with Crippen molar-refractivity contribution in [2.45, 2.75) is 25.5 Å². The number of hydrogen-bond acceptors (Lipinski definition) is 8. The third kappa shape index (κ3) is 4.48. The molecular weight excluding hydrogens is 346 g/mol. The normalized spacial score (nSPS) is 16.4. The van der Waals surface area contributed by atoms with Crippen LogP contribution in [-0.4, -0.2) is 63.1 Å². The molecule has 0 spiro atoms. The fourth-order valence-corrected chi connectivity index (χ4v) is 2.41. The first-order valence-corrected chi connectivity index (χ1v) is 8.22. The number of ether oxygens (including phenoxy) is 6. The van der Waals surface area contributed by atoms with Gasteiger partial charge in [0.25, 0.3) is 0 Å². The SMILES string of the molecule is CC(Cc1ccc2c(c1)OCO2)N(C)C(=O)OCOC(=O)OC1COC1. The number of hydrogen-bond donors (Lipinski definition) is 0. The highest BCUT2D eigenvalue weighted by Crippen LogP contribution is 2.32. The molecule has 2 aliphatic rings. The molecule has 0 saturated carbocycles. The van der Waals surface area contributed by atoms with E-state index in [9.17, 15) is 9.59 Å². The predicted octanol–water partition coefficient (Wildman–Crippen LogP) is 1.92. The molecule has 1 amide bonds. The van der Waals surface area contributed by atoms with Gasteiger partial charge in [0.05, 0.1) is 13.2 Å². The van der Waals surface area contributed by atoms with Gasteiger partial charge >= 0.3 is 12.2 Å². The highest BCUT2D eigenvalue weighted by molar-refractivity contribution is 5.68. The van der Waals surface area contributed by atoms with E-state index >= 15 is 0 Å². The van der Waals surface area contributed by atoms with Crippen LogP contribution in [0.1, 0.15) is 12.5 Å². The topological polar surface area (TPSA) is 92.8 Å². The zero-order chi connectivity index (χ0) is 18.5. The fourth-order valence-electron chi connectivity index (χ4n) is 2.41. The Hall–Kier alpha value is -2.68. The molecule has 26 heavy (non-hydrogen) atoms. The van der Waals surface area contributed by atoms with E-state index in [2.05, 4.69) is 0 Å². The molecular formula is C17H21NO8. The number of carbonyl (C=O) groups is 2. The average molecular weight is 367 g/mol. The number of rotatable bonds is 6. The molecule has 2 heterocycles. The van der Waals surface area contributed by atoms with Crippen molar-refractivity contribution in [1.82, 2.24) is 4.90 Å². The summed E-state index contributed by atoms with van der Waals surface area (Å²) in [4.78, 5) is 24.8. The van der Waals surface area contributed by atoms with E-state index < -0.39 is 19.0 Å². The van der Waals surface area contributed by atoms with Crippen molar-refractivity contribution in [1.29, 1.82) is 0 Å². The lowest BCUT2D eigenvalue weighted by atomic mass is 10.1. The molecule has 1 unspecified atom stereocenters. The third-order valence-electron chi connectivity index (χ3n) is 4.15. The average Bonchev–Trinajstić information content (AvgIpc) is 3.05. The molecule has 0 bridgehead atoms. The van der Waals surface area contributed by atoms with Gasteiger partial charge in [-0.2, -0.15) is 0 Å². The standard InChI is InChI=1S/C17H21NO8/c1-11(5-12-3-4-14-15(6-12)23-9-22-14)18(2)16(19)24-10-25-17(20)26-13-7-21-8-13/h3-4,6,11,13H,5,7-10H2,1-2H3. The minimum atomic E-state index is -0.887. The molecule has 1 atom stereocenters. The Labute approximate surface area is 150 Å². The fraction of sp³-hybridized carbons (Fsp3) is 0.529. The van der Waals surface area contributed by atoms with Gasteiger partial charge in [0.15, 0.2) is 17.6 Å². The molecule has 9 nitrogen and oxygen atoms in total. The van der Waals surface area contributed by atoms with Gasteiger partial charge < -0.3 is 33.3 Å². The highest BCUT2D eigenvalue weighted by Gasteiger charge is 2.24. The number of fused-ring (bicyclic) bond motifs is 1. The van der Waals surface area contributed by atoms with E-state index in [4.69, 9.17) is 28.4 Å². The van der Waals surface area contributed by atoms with Crippen molar-refractivity contribution in [2.24, 2.45) is 0 Å². The van der Waals surface area contributed by atoms with Crippen LogP contribution in [0.25, 0.3) is 0 Å². The lowest BCUT2D eigenvalue weighted by Gasteiger charge is -2.25. The molecule has 0 radical (unpaired) electrons. The van der Waals surface area contributed by atoms with E-state index in [1.807, 2.05) is 25.1 Å². The van der Waals surface area contributed by atoms with Gasteiger partial charge in [-0.3, -0.25) is 0 Å². The van der Waals surface area contributed by atoms with Crippen molar-refractivity contribution < 1.29 is 38.0 Å². The Kier molecular flexibility index (Phi) is 5.67. The van der Waals surface area contributed by atoms with Crippen LogP contribution in [-0.2, 0) is 25.4 Å². The second-order valence-corrected chi connectivity index (χ2v) is 6.05. The summed E-state index contributed by atoms with van der Waals surface area (Å²) in [6.07, 6.45) is -1.17. The number of likely N-dealkylation sites (N-methyl/N-ethyl adjacent to an activating group) is 1. The summed E-state index contributed by atoms with van der Waals surface area (Å²) in [6, 6.07) is 5.52. The first-order valence-electron chi connectivity index (χ1n) is 8.22. The van der Waals surface area contributed by atoms with Crippen molar-refractivity contribution in [3.05, 3.63) is 23.8 Å². The third-order valence-corrected chi connectivity index (χ3v) is 4.15. The number of amides is 1. The Morgan fingerprint density at radius 1 is 1.23 bits per heavy atom. The van der Waals surface area contributed by atoms with Crippen molar-refractivity contribution in [3.63, 3.8) is 0 Å². The lowest BCUT2D eigenvalue weighted by molar-refractivity contribution is -0.122. The van der Waals surface area contributed by atoms with Crippen LogP contribution in [0.2, 0.25) is 0 Å². The summed E-state index contributed by atoms with van der Waals surface area (Å²) in [5.41, 5.74) is 1.00. The number of nitrogens with zero attached hydrogens (tertiary/aromatic N) is 1. The molecule has 9 heteroatoms.